The van der Waals surface area contributed by atoms with Crippen molar-refractivity contribution in [1.82, 2.24) is 0 Å². The van der Waals surface area contributed by atoms with Gasteiger partial charge < -0.3 is 14.9 Å². The molecule has 3 aromatic rings. The van der Waals surface area contributed by atoms with Crippen LogP contribution in [0.4, 0.5) is 0 Å². The second kappa shape index (κ2) is 9.10. The predicted molar refractivity (Wildman–Crippen MR) is 144 cm³/mol. The van der Waals surface area contributed by atoms with Gasteiger partial charge in [-0.15, -0.1) is 0 Å². The molecule has 2 saturated carbocycles. The van der Waals surface area contributed by atoms with E-state index in [2.05, 4.69) is 30.3 Å². The lowest BCUT2D eigenvalue weighted by Gasteiger charge is -2.42. The third-order valence-corrected chi connectivity index (χ3v) is 10.0. The molecule has 4 aliphatic rings. The number of phenolic OH excluding ortho intramolecular Hbond substituents is 1. The molecule has 0 aromatic heterocycles. The van der Waals surface area contributed by atoms with Crippen LogP contribution in [0.15, 0.2) is 42.5 Å². The number of hydrogen-bond donors (Lipinski definition) is 2. The zero-order valence-electron chi connectivity index (χ0n) is 21.2. The average molecular weight is 483 g/mol. The van der Waals surface area contributed by atoms with Gasteiger partial charge in [-0.25, -0.2) is 0 Å². The first kappa shape index (κ1) is 22.7. The summed E-state index contributed by atoms with van der Waals surface area (Å²) < 4.78 is 6.62. The van der Waals surface area contributed by atoms with Crippen molar-refractivity contribution in [2.45, 2.75) is 89.1 Å². The number of fused-ring (bicyclic) bond motifs is 6. The third kappa shape index (κ3) is 3.82. The molecule has 2 fully saturated rings. The molecule has 3 nitrogen and oxygen atoms in total. The number of ether oxygens (including phenoxy) is 1. The molecule has 0 amide bonds. The van der Waals surface area contributed by atoms with Crippen molar-refractivity contribution in [3.8, 4) is 17.2 Å². The topological polar surface area (TPSA) is 49.7 Å². The number of aliphatic hydroxyl groups is 1. The summed E-state index contributed by atoms with van der Waals surface area (Å²) in [5, 5.41) is 22.9. The van der Waals surface area contributed by atoms with E-state index >= 15 is 0 Å². The Morgan fingerprint density at radius 3 is 2.25 bits per heavy atom. The summed E-state index contributed by atoms with van der Waals surface area (Å²) in [5.74, 6) is 5.09. The molecule has 1 aliphatic heterocycles. The summed E-state index contributed by atoms with van der Waals surface area (Å²) in [6.45, 7) is 0. The van der Waals surface area contributed by atoms with Crippen LogP contribution in [-0.2, 0) is 12.8 Å². The second-order valence-corrected chi connectivity index (χ2v) is 12.0. The number of aromatic hydroxyl groups is 1. The molecule has 3 heteroatoms. The SMILES string of the molecule is Oc1ccc2c3c(ccc2c1)Oc1ccc2c(c1C3C1CCC(C3CCCCC3)CC1)CCC(O)C2. The van der Waals surface area contributed by atoms with Crippen molar-refractivity contribution in [2.75, 3.05) is 0 Å². The van der Waals surface area contributed by atoms with Gasteiger partial charge in [0.2, 0.25) is 0 Å². The van der Waals surface area contributed by atoms with E-state index in [1.54, 1.807) is 0 Å². The van der Waals surface area contributed by atoms with Crippen LogP contribution in [0.3, 0.4) is 0 Å². The number of rotatable bonds is 2. The Labute approximate surface area is 214 Å². The average Bonchev–Trinajstić information content (AvgIpc) is 2.92. The van der Waals surface area contributed by atoms with Gasteiger partial charge in [-0.05, 0) is 109 Å². The van der Waals surface area contributed by atoms with Crippen molar-refractivity contribution in [1.29, 1.82) is 0 Å². The van der Waals surface area contributed by atoms with Gasteiger partial charge in [0, 0.05) is 17.0 Å². The van der Waals surface area contributed by atoms with Crippen molar-refractivity contribution in [3.05, 3.63) is 64.7 Å². The maximum absolute atomic E-state index is 10.4. The fourth-order valence-corrected chi connectivity index (χ4v) is 8.29. The highest BCUT2D eigenvalue weighted by Crippen LogP contribution is 2.56. The van der Waals surface area contributed by atoms with Crippen LogP contribution < -0.4 is 4.74 Å². The van der Waals surface area contributed by atoms with E-state index in [-0.39, 0.29) is 6.10 Å². The Balaban J connectivity index is 1.32. The van der Waals surface area contributed by atoms with Gasteiger partial charge in [-0.2, -0.15) is 0 Å². The lowest BCUT2D eigenvalue weighted by molar-refractivity contribution is 0.154. The Kier molecular flexibility index (Phi) is 5.73. The van der Waals surface area contributed by atoms with Gasteiger partial charge >= 0.3 is 0 Å². The highest BCUT2D eigenvalue weighted by molar-refractivity contribution is 5.91. The van der Waals surface area contributed by atoms with Gasteiger partial charge in [0.05, 0.1) is 6.10 Å². The van der Waals surface area contributed by atoms with Gasteiger partial charge in [-0.3, -0.25) is 0 Å². The standard InChI is InChI=1S/C33H38O3/c34-25-12-14-27-23(18-25)10-16-29-32(27)31(22-8-6-21(7-9-22)20-4-2-1-3-5-20)33-28-15-13-26(35)19-24(28)11-17-30(33)36-29/h10-12,14,16-18,20-22,26,31,34-35H,1-9,13,15,19H2. The summed E-state index contributed by atoms with van der Waals surface area (Å²) in [6, 6.07) is 14.4. The third-order valence-electron chi connectivity index (χ3n) is 10.0. The Hall–Kier alpha value is -2.52. The Morgan fingerprint density at radius 2 is 1.42 bits per heavy atom. The van der Waals surface area contributed by atoms with Crippen LogP contribution in [0, 0.1) is 17.8 Å². The lowest BCUT2D eigenvalue weighted by atomic mass is 9.64. The van der Waals surface area contributed by atoms with Crippen LogP contribution in [0.1, 0.15) is 92.4 Å². The molecule has 0 bridgehead atoms. The zero-order chi connectivity index (χ0) is 24.2. The molecule has 2 N–H and O–H groups in total. The van der Waals surface area contributed by atoms with Crippen molar-refractivity contribution >= 4 is 10.8 Å². The fourth-order valence-electron chi connectivity index (χ4n) is 8.29. The second-order valence-electron chi connectivity index (χ2n) is 12.0. The Morgan fingerprint density at radius 1 is 0.694 bits per heavy atom. The number of hydrogen-bond acceptors (Lipinski definition) is 3. The van der Waals surface area contributed by atoms with E-state index in [9.17, 15) is 10.2 Å². The molecule has 1 heterocycles. The minimum absolute atomic E-state index is 0.236. The smallest absolute Gasteiger partial charge is 0.131 e. The largest absolute Gasteiger partial charge is 0.508 e. The first-order valence-corrected chi connectivity index (χ1v) is 14.4. The number of phenols is 1. The van der Waals surface area contributed by atoms with Crippen LogP contribution in [0.2, 0.25) is 0 Å². The van der Waals surface area contributed by atoms with Crippen LogP contribution >= 0.6 is 0 Å². The van der Waals surface area contributed by atoms with E-state index in [1.807, 2.05) is 12.1 Å². The maximum Gasteiger partial charge on any atom is 0.131 e. The van der Waals surface area contributed by atoms with Crippen molar-refractivity contribution in [2.24, 2.45) is 17.8 Å². The van der Waals surface area contributed by atoms with Crippen LogP contribution in [0.5, 0.6) is 17.2 Å². The lowest BCUT2D eigenvalue weighted by Crippen LogP contribution is -2.29. The minimum atomic E-state index is -0.236. The van der Waals surface area contributed by atoms with E-state index < -0.39 is 0 Å². The highest BCUT2D eigenvalue weighted by atomic mass is 16.5. The zero-order valence-corrected chi connectivity index (χ0v) is 21.2. The predicted octanol–water partition coefficient (Wildman–Crippen LogP) is 8.02. The monoisotopic (exact) mass is 482 g/mol. The summed E-state index contributed by atoms with van der Waals surface area (Å²) in [4.78, 5) is 0. The molecule has 0 spiro atoms. The summed E-state index contributed by atoms with van der Waals surface area (Å²) in [6.07, 6.45) is 14.8. The molecule has 3 aromatic carbocycles. The molecule has 3 aliphatic carbocycles. The molecule has 2 atom stereocenters. The van der Waals surface area contributed by atoms with Crippen molar-refractivity contribution in [3.63, 3.8) is 0 Å². The highest BCUT2D eigenvalue weighted by Gasteiger charge is 2.40. The molecular weight excluding hydrogens is 444 g/mol. The van der Waals surface area contributed by atoms with Crippen LogP contribution in [-0.4, -0.2) is 16.3 Å². The summed E-state index contributed by atoms with van der Waals surface area (Å²) >= 11 is 0. The van der Waals surface area contributed by atoms with E-state index in [0.29, 0.717) is 17.6 Å². The summed E-state index contributed by atoms with van der Waals surface area (Å²) in [5.41, 5.74) is 5.45. The van der Waals surface area contributed by atoms with Gasteiger partial charge in [0.15, 0.2) is 0 Å². The van der Waals surface area contributed by atoms with Gasteiger partial charge in [-0.1, -0.05) is 50.3 Å². The summed E-state index contributed by atoms with van der Waals surface area (Å²) in [7, 11) is 0. The number of aliphatic hydroxyl groups excluding tert-OH is 1. The normalized spacial score (nSPS) is 28.1. The molecule has 2 unspecified atom stereocenters. The van der Waals surface area contributed by atoms with E-state index in [1.165, 1.54) is 85.4 Å². The molecular formula is C33H38O3. The van der Waals surface area contributed by atoms with E-state index in [0.717, 1.165) is 48.0 Å². The fraction of sp³-hybridized carbons (Fsp3) is 0.515. The molecule has 36 heavy (non-hydrogen) atoms. The first-order valence-electron chi connectivity index (χ1n) is 14.4. The first-order chi connectivity index (χ1) is 17.7. The van der Waals surface area contributed by atoms with Gasteiger partial charge in [0.25, 0.3) is 0 Å². The maximum atomic E-state index is 10.4. The minimum Gasteiger partial charge on any atom is -0.508 e. The molecule has 0 radical (unpaired) electrons. The van der Waals surface area contributed by atoms with Crippen LogP contribution in [0.25, 0.3) is 10.8 Å². The van der Waals surface area contributed by atoms with Crippen molar-refractivity contribution < 1.29 is 14.9 Å². The number of benzene rings is 3. The quantitative estimate of drug-likeness (QED) is 0.389. The molecule has 0 saturated heterocycles. The van der Waals surface area contributed by atoms with Gasteiger partial charge in [0.1, 0.15) is 17.2 Å². The van der Waals surface area contributed by atoms with E-state index in [4.69, 9.17) is 4.74 Å². The molecule has 188 valence electrons. The Bertz CT molecular complexity index is 1280. The molecule has 7 rings (SSSR count).